The van der Waals surface area contributed by atoms with E-state index in [2.05, 4.69) is 24.4 Å². The Labute approximate surface area is 118 Å². The summed E-state index contributed by atoms with van der Waals surface area (Å²) in [6, 6.07) is 16.0. The zero-order chi connectivity index (χ0) is 13.7. The van der Waals surface area contributed by atoms with Crippen molar-refractivity contribution in [1.29, 1.82) is 0 Å². The zero-order valence-electron chi connectivity index (χ0n) is 11.1. The Hall–Kier alpha value is -1.74. The minimum atomic E-state index is 0.0235. The monoisotopic (exact) mass is 271 g/mol. The Morgan fingerprint density at radius 3 is 2.47 bits per heavy atom. The first kappa shape index (κ1) is 13.7. The summed E-state index contributed by atoms with van der Waals surface area (Å²) in [5.41, 5.74) is 3.25. The predicted molar refractivity (Wildman–Crippen MR) is 81.7 cm³/mol. The van der Waals surface area contributed by atoms with Crippen molar-refractivity contribution in [3.63, 3.8) is 0 Å². The Bertz CT molecular complexity index is 563. The molecule has 0 heterocycles. The van der Waals surface area contributed by atoms with Crippen LogP contribution in [0.15, 0.2) is 53.4 Å². The molecular weight excluding hydrogens is 254 g/mol. The molecule has 0 saturated heterocycles. The number of thioether (sulfide) groups is 1. The van der Waals surface area contributed by atoms with E-state index in [9.17, 15) is 4.79 Å². The van der Waals surface area contributed by atoms with Gasteiger partial charge >= 0.3 is 0 Å². The van der Waals surface area contributed by atoms with Crippen molar-refractivity contribution in [1.82, 2.24) is 0 Å². The Kier molecular flexibility index (Phi) is 4.63. The van der Waals surface area contributed by atoms with Gasteiger partial charge in [0.05, 0.1) is 5.75 Å². The van der Waals surface area contributed by atoms with Gasteiger partial charge in [0.2, 0.25) is 5.91 Å². The van der Waals surface area contributed by atoms with Crippen molar-refractivity contribution in [3.8, 4) is 0 Å². The predicted octanol–water partition coefficient (Wildman–Crippen LogP) is 4.03. The number of benzene rings is 2. The van der Waals surface area contributed by atoms with Crippen LogP contribution in [0.4, 0.5) is 5.69 Å². The van der Waals surface area contributed by atoms with Crippen LogP contribution >= 0.6 is 11.8 Å². The molecule has 0 aliphatic rings. The first-order valence-corrected chi connectivity index (χ1v) is 7.18. The molecule has 2 nitrogen and oxygen atoms in total. The average molecular weight is 271 g/mol. The largest absolute Gasteiger partial charge is 0.325 e. The molecule has 0 saturated carbocycles. The second kappa shape index (κ2) is 6.43. The lowest BCUT2D eigenvalue weighted by atomic mass is 10.2. The van der Waals surface area contributed by atoms with Gasteiger partial charge in [-0.25, -0.2) is 0 Å². The van der Waals surface area contributed by atoms with Gasteiger partial charge in [0.25, 0.3) is 0 Å². The first-order chi connectivity index (χ1) is 9.13. The van der Waals surface area contributed by atoms with Crippen LogP contribution in [0.25, 0.3) is 0 Å². The smallest absolute Gasteiger partial charge is 0.234 e. The van der Waals surface area contributed by atoms with Crippen molar-refractivity contribution >= 4 is 23.4 Å². The number of hydrogen-bond donors (Lipinski definition) is 1. The van der Waals surface area contributed by atoms with Crippen molar-refractivity contribution < 1.29 is 4.79 Å². The Morgan fingerprint density at radius 2 is 1.79 bits per heavy atom. The van der Waals surface area contributed by atoms with Crippen molar-refractivity contribution in [3.05, 3.63) is 59.7 Å². The van der Waals surface area contributed by atoms with Gasteiger partial charge in [0.15, 0.2) is 0 Å². The quantitative estimate of drug-likeness (QED) is 0.850. The fourth-order valence-corrected chi connectivity index (χ4v) is 2.50. The molecule has 0 spiro atoms. The van der Waals surface area contributed by atoms with Crippen LogP contribution in [0, 0.1) is 13.8 Å². The van der Waals surface area contributed by atoms with E-state index >= 15 is 0 Å². The summed E-state index contributed by atoms with van der Waals surface area (Å²) in [6.07, 6.45) is 0. The van der Waals surface area contributed by atoms with E-state index in [1.807, 2.05) is 43.3 Å². The van der Waals surface area contributed by atoms with Crippen LogP contribution in [-0.2, 0) is 4.79 Å². The molecule has 0 atom stereocenters. The second-order valence-electron chi connectivity index (χ2n) is 4.52. The summed E-state index contributed by atoms with van der Waals surface area (Å²) in [5, 5.41) is 2.89. The van der Waals surface area contributed by atoms with Gasteiger partial charge in [-0.3, -0.25) is 4.79 Å². The summed E-state index contributed by atoms with van der Waals surface area (Å²) in [4.78, 5) is 12.9. The van der Waals surface area contributed by atoms with E-state index in [1.165, 1.54) is 11.1 Å². The highest BCUT2D eigenvalue weighted by atomic mass is 32.2. The van der Waals surface area contributed by atoms with Crippen molar-refractivity contribution in [2.45, 2.75) is 18.7 Å². The summed E-state index contributed by atoms with van der Waals surface area (Å²) in [6.45, 7) is 4.08. The van der Waals surface area contributed by atoms with Crippen LogP contribution in [0.3, 0.4) is 0 Å². The second-order valence-corrected chi connectivity index (χ2v) is 5.57. The van der Waals surface area contributed by atoms with Crippen LogP contribution in [0.1, 0.15) is 11.1 Å². The highest BCUT2D eigenvalue weighted by Crippen LogP contribution is 2.19. The van der Waals surface area contributed by atoms with Crippen LogP contribution in [-0.4, -0.2) is 11.7 Å². The molecule has 0 fully saturated rings. The highest BCUT2D eigenvalue weighted by molar-refractivity contribution is 8.00. The van der Waals surface area contributed by atoms with Crippen LogP contribution in [0.2, 0.25) is 0 Å². The maximum Gasteiger partial charge on any atom is 0.234 e. The standard InChI is InChI=1S/C16H17NOS/c1-12-6-8-14(9-7-12)17-16(18)11-19-15-5-3-4-13(2)10-15/h3-10H,11H2,1-2H3,(H,17,18). The number of amides is 1. The molecule has 0 radical (unpaired) electrons. The number of hydrogen-bond acceptors (Lipinski definition) is 2. The van der Waals surface area contributed by atoms with Gasteiger partial charge in [-0.05, 0) is 38.1 Å². The average Bonchev–Trinajstić information content (AvgIpc) is 2.39. The van der Waals surface area contributed by atoms with Gasteiger partial charge in [-0.15, -0.1) is 11.8 Å². The lowest BCUT2D eigenvalue weighted by molar-refractivity contribution is -0.113. The van der Waals surface area contributed by atoms with E-state index in [0.29, 0.717) is 5.75 Å². The van der Waals surface area contributed by atoms with Gasteiger partial charge in [0.1, 0.15) is 0 Å². The minimum Gasteiger partial charge on any atom is -0.325 e. The third-order valence-corrected chi connectivity index (χ3v) is 3.69. The summed E-state index contributed by atoms with van der Waals surface area (Å²) < 4.78 is 0. The molecule has 1 N–H and O–H groups in total. The van der Waals surface area contributed by atoms with Gasteiger partial charge < -0.3 is 5.32 Å². The molecule has 0 bridgehead atoms. The molecule has 2 aromatic rings. The number of anilines is 1. The fourth-order valence-electron chi connectivity index (χ4n) is 1.69. The van der Waals surface area contributed by atoms with Crippen molar-refractivity contribution in [2.24, 2.45) is 0 Å². The molecule has 19 heavy (non-hydrogen) atoms. The van der Waals surface area contributed by atoms with E-state index in [1.54, 1.807) is 11.8 Å². The van der Waals surface area contributed by atoms with Crippen LogP contribution < -0.4 is 5.32 Å². The molecule has 0 unspecified atom stereocenters. The SMILES string of the molecule is Cc1ccc(NC(=O)CSc2cccc(C)c2)cc1. The number of rotatable bonds is 4. The van der Waals surface area contributed by atoms with E-state index in [-0.39, 0.29) is 5.91 Å². The van der Waals surface area contributed by atoms with E-state index in [4.69, 9.17) is 0 Å². The Balaban J connectivity index is 1.86. The Morgan fingerprint density at radius 1 is 1.05 bits per heavy atom. The molecule has 0 aliphatic heterocycles. The number of carbonyl (C=O) groups excluding carboxylic acids is 1. The lowest BCUT2D eigenvalue weighted by Gasteiger charge is -2.06. The number of carbonyl (C=O) groups is 1. The minimum absolute atomic E-state index is 0.0235. The molecule has 1 amide bonds. The maximum atomic E-state index is 11.8. The maximum absolute atomic E-state index is 11.8. The topological polar surface area (TPSA) is 29.1 Å². The first-order valence-electron chi connectivity index (χ1n) is 6.19. The summed E-state index contributed by atoms with van der Waals surface area (Å²) >= 11 is 1.55. The zero-order valence-corrected chi connectivity index (χ0v) is 12.0. The molecule has 0 aliphatic carbocycles. The third kappa shape index (κ3) is 4.45. The lowest BCUT2D eigenvalue weighted by Crippen LogP contribution is -2.13. The fraction of sp³-hybridized carbons (Fsp3) is 0.188. The molecule has 3 heteroatoms. The number of nitrogens with one attached hydrogen (secondary N) is 1. The van der Waals surface area contributed by atoms with E-state index < -0.39 is 0 Å². The summed E-state index contributed by atoms with van der Waals surface area (Å²) in [7, 11) is 0. The van der Waals surface area contributed by atoms with Gasteiger partial charge in [-0.2, -0.15) is 0 Å². The normalized spacial score (nSPS) is 10.2. The molecule has 2 aromatic carbocycles. The van der Waals surface area contributed by atoms with E-state index in [0.717, 1.165) is 10.6 Å². The van der Waals surface area contributed by atoms with Gasteiger partial charge in [0, 0.05) is 10.6 Å². The third-order valence-electron chi connectivity index (χ3n) is 2.69. The molecular formula is C16H17NOS. The van der Waals surface area contributed by atoms with Gasteiger partial charge in [-0.1, -0.05) is 35.4 Å². The summed E-state index contributed by atoms with van der Waals surface area (Å²) in [5.74, 6) is 0.451. The molecule has 0 aromatic heterocycles. The van der Waals surface area contributed by atoms with Crippen LogP contribution in [0.5, 0.6) is 0 Å². The number of aryl methyl sites for hydroxylation is 2. The van der Waals surface area contributed by atoms with Crippen molar-refractivity contribution in [2.75, 3.05) is 11.1 Å². The molecule has 2 rings (SSSR count). The highest BCUT2D eigenvalue weighted by Gasteiger charge is 2.03. The molecule has 98 valence electrons.